The highest BCUT2D eigenvalue weighted by atomic mass is 16.4. The molecule has 1 atom stereocenters. The van der Waals surface area contributed by atoms with E-state index in [4.69, 9.17) is 5.11 Å². The molecule has 74 valence electrons. The lowest BCUT2D eigenvalue weighted by atomic mass is 10.0. The summed E-state index contributed by atoms with van der Waals surface area (Å²) >= 11 is 0. The van der Waals surface area contributed by atoms with Crippen LogP contribution in [0.2, 0.25) is 0 Å². The van der Waals surface area contributed by atoms with Crippen molar-refractivity contribution in [2.24, 2.45) is 0 Å². The van der Waals surface area contributed by atoms with Crippen LogP contribution in [-0.4, -0.2) is 53.2 Å². The summed E-state index contributed by atoms with van der Waals surface area (Å²) in [5.41, 5.74) is 0. The average Bonchev–Trinajstić information content (AvgIpc) is 2.48. The number of amides is 1. The van der Waals surface area contributed by atoms with Crippen molar-refractivity contribution in [3.8, 4) is 0 Å². The second-order valence-electron chi connectivity index (χ2n) is 3.93. The summed E-state index contributed by atoms with van der Waals surface area (Å²) in [4.78, 5) is 14.6. The van der Waals surface area contributed by atoms with Gasteiger partial charge in [-0.25, -0.2) is 4.79 Å². The van der Waals surface area contributed by atoms with Crippen LogP contribution in [0.15, 0.2) is 0 Å². The van der Waals surface area contributed by atoms with Gasteiger partial charge in [-0.3, -0.25) is 0 Å². The van der Waals surface area contributed by atoms with Gasteiger partial charge >= 0.3 is 6.09 Å². The van der Waals surface area contributed by atoms with E-state index in [-0.39, 0.29) is 6.04 Å². The third kappa shape index (κ3) is 1.77. The highest BCUT2D eigenvalue weighted by Crippen LogP contribution is 2.20. The van der Waals surface area contributed by atoms with Gasteiger partial charge in [0.05, 0.1) is 0 Å². The Balaban J connectivity index is 1.78. The fraction of sp³-hybridized carbons (Fsp3) is 0.889. The molecule has 1 N–H and O–H groups in total. The van der Waals surface area contributed by atoms with E-state index in [0.29, 0.717) is 0 Å². The molecule has 1 amide bonds. The third-order valence-corrected chi connectivity index (χ3v) is 3.06. The van der Waals surface area contributed by atoms with Crippen molar-refractivity contribution in [2.75, 3.05) is 26.2 Å². The molecule has 0 saturated carbocycles. The first-order valence-electron chi connectivity index (χ1n) is 4.99. The Hall–Kier alpha value is -0.770. The van der Waals surface area contributed by atoms with Crippen molar-refractivity contribution >= 4 is 6.09 Å². The Morgan fingerprint density at radius 2 is 2.00 bits per heavy atom. The number of rotatable bonds is 2. The van der Waals surface area contributed by atoms with Crippen molar-refractivity contribution in [3.05, 3.63) is 0 Å². The molecule has 2 aliphatic rings. The zero-order valence-electron chi connectivity index (χ0n) is 7.78. The van der Waals surface area contributed by atoms with Gasteiger partial charge in [0.15, 0.2) is 0 Å². The molecule has 1 unspecified atom stereocenters. The Morgan fingerprint density at radius 3 is 2.46 bits per heavy atom. The number of hydrogen-bond acceptors (Lipinski definition) is 2. The smallest absolute Gasteiger partial charge is 0.407 e. The van der Waals surface area contributed by atoms with Gasteiger partial charge in [-0.15, -0.1) is 0 Å². The lowest BCUT2D eigenvalue weighted by Crippen LogP contribution is -2.55. The highest BCUT2D eigenvalue weighted by molar-refractivity contribution is 5.66. The topological polar surface area (TPSA) is 43.8 Å². The van der Waals surface area contributed by atoms with Crippen LogP contribution in [0.5, 0.6) is 0 Å². The van der Waals surface area contributed by atoms with E-state index in [1.54, 1.807) is 4.90 Å². The van der Waals surface area contributed by atoms with Crippen LogP contribution in [0.3, 0.4) is 0 Å². The largest absolute Gasteiger partial charge is 0.465 e. The zero-order valence-corrected chi connectivity index (χ0v) is 7.78. The van der Waals surface area contributed by atoms with E-state index in [1.807, 2.05) is 0 Å². The van der Waals surface area contributed by atoms with Gasteiger partial charge in [-0.1, -0.05) is 0 Å². The summed E-state index contributed by atoms with van der Waals surface area (Å²) in [6, 6.07) is 0.274. The molecule has 0 bridgehead atoms. The molecule has 0 spiro atoms. The minimum Gasteiger partial charge on any atom is -0.465 e. The fourth-order valence-electron chi connectivity index (χ4n) is 2.15. The van der Waals surface area contributed by atoms with Gasteiger partial charge in [0.1, 0.15) is 0 Å². The summed E-state index contributed by atoms with van der Waals surface area (Å²) in [5.74, 6) is 0. The molecule has 2 heterocycles. The number of hydrogen-bond donors (Lipinski definition) is 1. The summed E-state index contributed by atoms with van der Waals surface area (Å²) < 4.78 is 0. The molecule has 0 aromatic heterocycles. The van der Waals surface area contributed by atoms with E-state index >= 15 is 0 Å². The fourth-order valence-corrected chi connectivity index (χ4v) is 2.15. The van der Waals surface area contributed by atoms with Crippen LogP contribution in [0, 0.1) is 0 Å². The molecule has 13 heavy (non-hydrogen) atoms. The van der Waals surface area contributed by atoms with Crippen molar-refractivity contribution in [1.29, 1.82) is 0 Å². The first kappa shape index (κ1) is 8.81. The Kier molecular flexibility index (Phi) is 2.40. The molecule has 4 heteroatoms. The highest BCUT2D eigenvalue weighted by Gasteiger charge is 2.33. The zero-order chi connectivity index (χ0) is 9.26. The molecular formula is C9H16N2O2. The van der Waals surface area contributed by atoms with Crippen molar-refractivity contribution in [3.63, 3.8) is 0 Å². The maximum Gasteiger partial charge on any atom is 0.407 e. The van der Waals surface area contributed by atoms with E-state index in [9.17, 15) is 4.79 Å². The van der Waals surface area contributed by atoms with Crippen LogP contribution in [-0.2, 0) is 0 Å². The number of carbonyl (C=O) groups is 1. The second-order valence-corrected chi connectivity index (χ2v) is 3.93. The minimum absolute atomic E-state index is 0.274. The van der Waals surface area contributed by atoms with Crippen LogP contribution >= 0.6 is 0 Å². The summed E-state index contributed by atoms with van der Waals surface area (Å²) in [7, 11) is 0. The normalized spacial score (nSPS) is 28.9. The van der Waals surface area contributed by atoms with Gasteiger partial charge in [0, 0.05) is 19.1 Å². The van der Waals surface area contributed by atoms with E-state index in [1.165, 1.54) is 12.8 Å². The summed E-state index contributed by atoms with van der Waals surface area (Å²) in [6.45, 7) is 3.99. The van der Waals surface area contributed by atoms with Crippen molar-refractivity contribution < 1.29 is 9.90 Å². The Bertz CT molecular complexity index is 202. The molecule has 0 radical (unpaired) electrons. The lowest BCUT2D eigenvalue weighted by molar-refractivity contribution is 0.0585. The molecule has 0 aliphatic carbocycles. The predicted octanol–water partition coefficient (Wildman–Crippen LogP) is 0.835. The molecule has 0 aromatic rings. The number of nitrogens with zero attached hydrogens (tertiary/aromatic N) is 2. The predicted molar refractivity (Wildman–Crippen MR) is 48.8 cm³/mol. The SMILES string of the molecule is O=C(O)N1CCC1CN1CCCC1. The number of carboxylic acid groups (broad SMARTS) is 1. The van der Waals surface area contributed by atoms with Gasteiger partial charge < -0.3 is 14.9 Å². The van der Waals surface area contributed by atoms with Gasteiger partial charge in [-0.2, -0.15) is 0 Å². The lowest BCUT2D eigenvalue weighted by Gasteiger charge is -2.40. The van der Waals surface area contributed by atoms with Crippen LogP contribution in [0.25, 0.3) is 0 Å². The van der Waals surface area contributed by atoms with Crippen molar-refractivity contribution in [1.82, 2.24) is 9.80 Å². The Labute approximate surface area is 78.1 Å². The monoisotopic (exact) mass is 184 g/mol. The second kappa shape index (κ2) is 3.54. The van der Waals surface area contributed by atoms with E-state index < -0.39 is 6.09 Å². The molecule has 2 saturated heterocycles. The minimum atomic E-state index is -0.754. The van der Waals surface area contributed by atoms with Gasteiger partial charge in [0.25, 0.3) is 0 Å². The summed E-state index contributed by atoms with van der Waals surface area (Å²) in [6.07, 6.45) is 2.85. The first-order valence-corrected chi connectivity index (χ1v) is 4.99. The third-order valence-electron chi connectivity index (χ3n) is 3.06. The van der Waals surface area contributed by atoms with Crippen molar-refractivity contribution in [2.45, 2.75) is 25.3 Å². The van der Waals surface area contributed by atoms with E-state index in [0.717, 1.165) is 32.6 Å². The molecule has 0 aromatic carbocycles. The van der Waals surface area contributed by atoms with Crippen LogP contribution in [0.1, 0.15) is 19.3 Å². The van der Waals surface area contributed by atoms with Gasteiger partial charge in [0.2, 0.25) is 0 Å². The average molecular weight is 184 g/mol. The first-order chi connectivity index (χ1) is 6.27. The standard InChI is InChI=1S/C9H16N2O2/c12-9(13)11-6-3-8(11)7-10-4-1-2-5-10/h8H,1-7H2,(H,12,13). The molecule has 2 aliphatic heterocycles. The molecule has 4 nitrogen and oxygen atoms in total. The molecular weight excluding hydrogens is 168 g/mol. The van der Waals surface area contributed by atoms with E-state index in [2.05, 4.69) is 4.90 Å². The Morgan fingerprint density at radius 1 is 1.31 bits per heavy atom. The maximum absolute atomic E-state index is 10.7. The van der Waals surface area contributed by atoms with Crippen LogP contribution < -0.4 is 0 Å². The maximum atomic E-state index is 10.7. The molecule has 2 rings (SSSR count). The molecule has 2 fully saturated rings. The number of likely N-dealkylation sites (tertiary alicyclic amines) is 2. The van der Waals surface area contributed by atoms with Crippen LogP contribution in [0.4, 0.5) is 4.79 Å². The summed E-state index contributed by atoms with van der Waals surface area (Å²) in [5, 5.41) is 8.78. The van der Waals surface area contributed by atoms with Gasteiger partial charge in [-0.05, 0) is 32.4 Å². The quantitative estimate of drug-likeness (QED) is 0.691.